The minimum absolute atomic E-state index is 0. The van der Waals surface area contributed by atoms with Gasteiger partial charge in [0.1, 0.15) is 36.6 Å². The zero-order valence-corrected chi connectivity index (χ0v) is 63.3. The van der Waals surface area contributed by atoms with Gasteiger partial charge in [-0.1, -0.05) is 0 Å². The molecule has 54 heteroatoms. The SMILES string of the molecule is O.O.O.O.O.O.O.O.O.O.O.O.O=P([O-])([O-])O[C@H]1[C@H](OP(=O)([O-])[O-])[C@@H](OP(=O)([O-])[O-])[C@H](OP(=O)([O-])[O-])[C@@H](OP(=O)([O-])[O-])[C@H]1OP(=O)([O-])[O-].[Na+].[Na+].[Na+].[Na+].[Na+].[Na+].[Na+].[Na+].[Na+].[Na+].[Na+].[Na+]. The van der Waals surface area contributed by atoms with Crippen LogP contribution in [0.2, 0.25) is 0 Å². The van der Waals surface area contributed by atoms with Gasteiger partial charge in [0.2, 0.25) is 0 Å². The molecule has 36 nitrogen and oxygen atoms in total. The fraction of sp³-hybridized carbons (Fsp3) is 1.00. The molecule has 0 amide bonds. The molecule has 1 fully saturated rings. The summed E-state index contributed by atoms with van der Waals surface area (Å²) in [6, 6.07) is 0. The molecule has 0 bridgehead atoms. The summed E-state index contributed by atoms with van der Waals surface area (Å²) in [5.74, 6) is 0. The molecule has 0 aromatic heterocycles. The predicted molar refractivity (Wildman–Crippen MR) is 118 cm³/mol. The molecule has 0 unspecified atom stereocenters. The molecule has 0 aromatic carbocycles. The van der Waals surface area contributed by atoms with Gasteiger partial charge in [-0.3, -0.25) is 0 Å². The van der Waals surface area contributed by atoms with Crippen molar-refractivity contribution in [2.24, 2.45) is 0 Å². The summed E-state index contributed by atoms with van der Waals surface area (Å²) < 4.78 is 88.3. The number of rotatable bonds is 12. The molecule has 1 saturated carbocycles. The van der Waals surface area contributed by atoms with E-state index >= 15 is 0 Å². The van der Waals surface area contributed by atoms with Gasteiger partial charge >= 0.3 is 355 Å². The molecule has 1 rings (SSSR count). The first kappa shape index (κ1) is 158. The molecule has 0 aliphatic heterocycles. The monoisotopic (exact) mass is 1140 g/mol. The van der Waals surface area contributed by atoms with Gasteiger partial charge in [-0.05, 0) is 0 Å². The molecule has 0 heterocycles. The van der Waals surface area contributed by atoms with Gasteiger partial charge < -0.3 is 179 Å². The molecule has 0 aromatic rings. The van der Waals surface area contributed by atoms with E-state index in [2.05, 4.69) is 27.1 Å². The Morgan fingerprint density at radius 3 is 0.283 bits per heavy atom. The maximum atomic E-state index is 11.1. The second-order valence-corrected chi connectivity index (χ2v) is 12.7. The second kappa shape index (κ2) is 67.3. The van der Waals surface area contributed by atoms with Gasteiger partial charge in [0.15, 0.2) is 0 Å². The Balaban J connectivity index is -0.0000000245. The summed E-state index contributed by atoms with van der Waals surface area (Å²) in [6.45, 7) is 0. The van der Waals surface area contributed by atoms with Crippen molar-refractivity contribution in [3.05, 3.63) is 0 Å². The fourth-order valence-electron chi connectivity index (χ4n) is 2.74. The van der Waals surface area contributed by atoms with E-state index in [1.807, 2.05) is 0 Å². The van der Waals surface area contributed by atoms with Gasteiger partial charge in [-0.15, -0.1) is 0 Å². The molecule has 24 N–H and O–H groups in total. The molecule has 0 spiro atoms. The molecule has 1 aliphatic carbocycles. The van der Waals surface area contributed by atoms with Crippen LogP contribution in [0.5, 0.6) is 0 Å². The topological polar surface area (TPSA) is 813 Å². The van der Waals surface area contributed by atoms with Crippen molar-refractivity contribution in [2.75, 3.05) is 0 Å². The molecule has 0 atom stereocenters. The van der Waals surface area contributed by atoms with Crippen LogP contribution in [-0.2, 0) is 54.5 Å². The van der Waals surface area contributed by atoms with Gasteiger partial charge in [0.05, 0.1) is 46.9 Å². The first-order chi connectivity index (χ1) is 15.6. The average molecular weight is 1140 g/mol. The number of hydrogen-bond donors (Lipinski definition) is 0. The van der Waals surface area contributed by atoms with Crippen molar-refractivity contribution < 1.29 is 534 Å². The van der Waals surface area contributed by atoms with Crippen LogP contribution < -0.4 is 413 Å². The minimum Gasteiger partial charge on any atom is -0.790 e. The van der Waals surface area contributed by atoms with E-state index < -0.39 is 83.6 Å². The Hall–Kier alpha value is 12.2. The van der Waals surface area contributed by atoms with E-state index in [1.54, 1.807) is 0 Å². The predicted octanol–water partition coefficient (Wildman–Crippen LogP) is -56.6. The van der Waals surface area contributed by atoms with E-state index in [-0.39, 0.29) is 420 Å². The standard InChI is InChI=1S/C6H18O24P6.12Na.12H2O/c7-31(8,9)25-1-2(26-32(10,11)12)4(28-34(16,17)18)6(30-36(22,23)24)5(29-35(19,20)21)3(1)27-33(13,14)15;;;;;;;;;;;;;;;;;;;;;;;;/h1-6H,(H2,7,8,9)(H2,10,11,12)(H2,13,14,15)(H2,16,17,18)(H2,19,20,21)(H2,22,23,24);;;;;;;;;;;;;12*1H2/q;12*+1;;;;;;;;;;;;/p-12/t1-,2-,3-,4+,5-,6-;;;;;;;;;;;;;;;;;;;;;;;;. The third-order valence-corrected chi connectivity index (χ3v) is 6.46. The number of phosphoric acid groups is 6. The van der Waals surface area contributed by atoms with Crippen molar-refractivity contribution >= 4 is 46.9 Å². The van der Waals surface area contributed by atoms with Crippen molar-refractivity contribution in [1.29, 1.82) is 0 Å². The average Bonchev–Trinajstić information content (AvgIpc) is 2.51. The van der Waals surface area contributed by atoms with Gasteiger partial charge in [-0.2, -0.15) is 0 Å². The Morgan fingerprint density at radius 2 is 0.250 bits per heavy atom. The van der Waals surface area contributed by atoms with Crippen molar-refractivity contribution in [3.63, 3.8) is 0 Å². The van der Waals surface area contributed by atoms with Crippen LogP contribution in [0, 0.1) is 0 Å². The van der Waals surface area contributed by atoms with Gasteiger partial charge in [-0.25, -0.2) is 0 Å². The number of phosphoric ester groups is 6. The van der Waals surface area contributed by atoms with Crippen LogP contribution >= 0.6 is 46.9 Å². The van der Waals surface area contributed by atoms with Crippen LogP contribution in [0.4, 0.5) is 0 Å². The summed E-state index contributed by atoms with van der Waals surface area (Å²) in [7, 11) is -40.1. The van der Waals surface area contributed by atoms with Crippen LogP contribution in [0.25, 0.3) is 0 Å². The second-order valence-electron chi connectivity index (χ2n) is 6.10. The quantitative estimate of drug-likeness (QED) is 0.129. The van der Waals surface area contributed by atoms with Crippen molar-refractivity contribution in [2.45, 2.75) is 36.6 Å². The maximum absolute atomic E-state index is 11.1. The van der Waals surface area contributed by atoms with E-state index in [1.165, 1.54) is 0 Å². The van der Waals surface area contributed by atoms with Crippen molar-refractivity contribution in [3.8, 4) is 0 Å². The molecule has 0 saturated heterocycles. The zero-order chi connectivity index (χ0) is 28.7. The van der Waals surface area contributed by atoms with E-state index in [9.17, 15) is 86.1 Å². The molecular weight excluding hydrogens is 1110 g/mol. The summed E-state index contributed by atoms with van der Waals surface area (Å²) in [6.07, 6.45) is -21.5. The Kier molecular flexibility index (Phi) is 177. The molecule has 60 heavy (non-hydrogen) atoms. The summed E-state index contributed by atoms with van der Waals surface area (Å²) in [5, 5.41) is 0. The van der Waals surface area contributed by atoms with Gasteiger partial charge in [0.25, 0.3) is 0 Å². The van der Waals surface area contributed by atoms with Crippen LogP contribution in [0.15, 0.2) is 0 Å². The van der Waals surface area contributed by atoms with Crippen LogP contribution in [-0.4, -0.2) is 102 Å². The van der Waals surface area contributed by atoms with Crippen LogP contribution in [0.1, 0.15) is 0 Å². The fourth-order valence-corrected chi connectivity index (χ4v) is 5.96. The Morgan fingerprint density at radius 1 is 0.200 bits per heavy atom. The molecule has 0 radical (unpaired) electrons. The third kappa shape index (κ3) is 76.7. The maximum Gasteiger partial charge on any atom is 1.00 e. The smallest absolute Gasteiger partial charge is 0.790 e. The summed E-state index contributed by atoms with van der Waals surface area (Å²) in [4.78, 5) is 133. The minimum atomic E-state index is -6.68. The normalized spacial score (nSPS) is 17.6. The summed E-state index contributed by atoms with van der Waals surface area (Å²) in [5.41, 5.74) is 0. The largest absolute Gasteiger partial charge is 1.00 e. The summed E-state index contributed by atoms with van der Waals surface area (Å²) >= 11 is 0. The van der Waals surface area contributed by atoms with E-state index in [0.717, 1.165) is 0 Å². The molecular formula is C6H30Na12O36P6. The first-order valence-corrected chi connectivity index (χ1v) is 16.6. The Labute approximate surface area is 604 Å². The Bertz CT molecular complexity index is 867. The molecule has 1 aliphatic rings. The first-order valence-electron chi connectivity index (χ1n) is 7.80. The van der Waals surface area contributed by atoms with Crippen molar-refractivity contribution in [1.82, 2.24) is 0 Å². The van der Waals surface area contributed by atoms with E-state index in [4.69, 9.17) is 0 Å². The van der Waals surface area contributed by atoms with Crippen LogP contribution in [0.3, 0.4) is 0 Å². The zero-order valence-electron chi connectivity index (χ0n) is 33.9. The van der Waals surface area contributed by atoms with Gasteiger partial charge in [0, 0.05) is 0 Å². The third-order valence-electron chi connectivity index (χ3n) is 3.45. The van der Waals surface area contributed by atoms with E-state index in [0.29, 0.717) is 0 Å². The number of hydrogen-bond acceptors (Lipinski definition) is 24. The molecule has 312 valence electrons.